The molecule has 34 heavy (non-hydrogen) atoms. The maximum atomic E-state index is 12.8. The van der Waals surface area contributed by atoms with Gasteiger partial charge in [0.15, 0.2) is 6.17 Å². The quantitative estimate of drug-likeness (QED) is 0.423. The Morgan fingerprint density at radius 2 is 1.91 bits per heavy atom. The molecule has 0 radical (unpaired) electrons. The number of hydrogen-bond donors (Lipinski definition) is 4. The molecule has 2 aliphatic heterocycles. The first-order valence-electron chi connectivity index (χ1n) is 10.7. The summed E-state index contributed by atoms with van der Waals surface area (Å²) in [5.74, 6) is -0.695. The maximum absolute atomic E-state index is 12.8. The first kappa shape index (κ1) is 23.8. The first-order valence-corrected chi connectivity index (χ1v) is 11.7. The molecular formula is C24H26N4O5S. The number of thioether (sulfide) groups is 1. The van der Waals surface area contributed by atoms with Crippen LogP contribution in [0.1, 0.15) is 21.5 Å². The molecule has 0 bridgehead atoms. The van der Waals surface area contributed by atoms with Crippen molar-refractivity contribution in [2.24, 2.45) is 11.7 Å². The Bertz CT molecular complexity index is 1100. The highest BCUT2D eigenvalue weighted by molar-refractivity contribution is 8.03. The van der Waals surface area contributed by atoms with Crippen LogP contribution in [-0.4, -0.2) is 43.0 Å². The van der Waals surface area contributed by atoms with Crippen molar-refractivity contribution in [3.8, 4) is 5.75 Å². The van der Waals surface area contributed by atoms with Gasteiger partial charge in [-0.05, 0) is 46.4 Å². The van der Waals surface area contributed by atoms with Crippen molar-refractivity contribution in [2.75, 3.05) is 13.7 Å². The Labute approximate surface area is 201 Å². The van der Waals surface area contributed by atoms with Gasteiger partial charge in [-0.1, -0.05) is 24.3 Å². The number of methoxy groups -OCH3 is 1. The van der Waals surface area contributed by atoms with Gasteiger partial charge in [-0.3, -0.25) is 19.7 Å². The standard InChI is InChI=1S/C24H26N4O5S/c1-32-18-4-2-3-15(9-18)10-26-23(31)21-27-22(30)19-17(13-34-24(19)28-21)12-33-11-14-5-7-16(8-6-14)20(25)29/h2-9,13,19,21,24,28H,10-12H2,1H3,(H2,25,29)(H,26,31)(H,27,30). The number of carbonyl (C=O) groups is 3. The summed E-state index contributed by atoms with van der Waals surface area (Å²) in [7, 11) is 1.59. The monoisotopic (exact) mass is 482 g/mol. The molecule has 1 saturated heterocycles. The van der Waals surface area contributed by atoms with Crippen molar-refractivity contribution >= 4 is 29.5 Å². The van der Waals surface area contributed by atoms with Crippen LogP contribution in [0.25, 0.3) is 0 Å². The fourth-order valence-electron chi connectivity index (χ4n) is 3.78. The van der Waals surface area contributed by atoms with Crippen LogP contribution >= 0.6 is 11.8 Å². The number of rotatable bonds is 9. The average molecular weight is 483 g/mol. The van der Waals surface area contributed by atoms with Crippen LogP contribution in [0.3, 0.4) is 0 Å². The van der Waals surface area contributed by atoms with E-state index in [2.05, 4.69) is 16.0 Å². The van der Waals surface area contributed by atoms with Gasteiger partial charge in [-0.2, -0.15) is 0 Å². The summed E-state index contributed by atoms with van der Waals surface area (Å²) in [5, 5.41) is 10.5. The molecule has 0 aliphatic carbocycles. The number of amides is 3. The molecule has 5 N–H and O–H groups in total. The predicted molar refractivity (Wildman–Crippen MR) is 127 cm³/mol. The smallest absolute Gasteiger partial charge is 0.257 e. The number of ether oxygens (including phenoxy) is 2. The van der Waals surface area contributed by atoms with E-state index in [9.17, 15) is 14.4 Å². The molecule has 3 amide bonds. The molecule has 0 aromatic heterocycles. The summed E-state index contributed by atoms with van der Waals surface area (Å²) in [6, 6.07) is 14.3. The SMILES string of the molecule is COc1cccc(CNC(=O)C2NC(=O)C3C(COCc4ccc(C(N)=O)cc4)=CSC3N2)c1. The summed E-state index contributed by atoms with van der Waals surface area (Å²) < 4.78 is 11.0. The number of primary amides is 1. The van der Waals surface area contributed by atoms with Crippen molar-refractivity contribution < 1.29 is 23.9 Å². The molecule has 2 aromatic rings. The second-order valence-corrected chi connectivity index (χ2v) is 8.97. The topological polar surface area (TPSA) is 132 Å². The van der Waals surface area contributed by atoms with E-state index in [1.165, 1.54) is 11.8 Å². The number of fused-ring (bicyclic) bond motifs is 1. The van der Waals surface area contributed by atoms with E-state index in [4.69, 9.17) is 15.2 Å². The van der Waals surface area contributed by atoms with Crippen LogP contribution in [0.4, 0.5) is 0 Å². The van der Waals surface area contributed by atoms with E-state index < -0.39 is 18.0 Å². The Kier molecular flexibility index (Phi) is 7.51. The normalized spacial score (nSPS) is 21.3. The van der Waals surface area contributed by atoms with Crippen LogP contribution in [0.15, 0.2) is 59.5 Å². The summed E-state index contributed by atoms with van der Waals surface area (Å²) in [6.07, 6.45) is -0.815. The number of hydrogen-bond acceptors (Lipinski definition) is 7. The third-order valence-electron chi connectivity index (χ3n) is 5.61. The fraction of sp³-hybridized carbons (Fsp3) is 0.292. The van der Waals surface area contributed by atoms with Gasteiger partial charge in [0.25, 0.3) is 5.91 Å². The molecule has 0 spiro atoms. The van der Waals surface area contributed by atoms with Gasteiger partial charge in [0.05, 0.1) is 31.6 Å². The van der Waals surface area contributed by atoms with E-state index in [1.807, 2.05) is 29.7 Å². The number of carbonyl (C=O) groups excluding carboxylic acids is 3. The van der Waals surface area contributed by atoms with Gasteiger partial charge in [0.2, 0.25) is 11.8 Å². The Balaban J connectivity index is 1.26. The van der Waals surface area contributed by atoms with Crippen molar-refractivity contribution in [2.45, 2.75) is 24.7 Å². The highest BCUT2D eigenvalue weighted by Gasteiger charge is 2.43. The molecule has 2 aromatic carbocycles. The Morgan fingerprint density at radius 3 is 2.65 bits per heavy atom. The number of benzene rings is 2. The van der Waals surface area contributed by atoms with Gasteiger partial charge in [0.1, 0.15) is 5.75 Å². The summed E-state index contributed by atoms with van der Waals surface area (Å²) in [6.45, 7) is 0.944. The molecule has 1 fully saturated rings. The highest BCUT2D eigenvalue weighted by Crippen LogP contribution is 2.36. The van der Waals surface area contributed by atoms with E-state index in [-0.39, 0.29) is 23.8 Å². The lowest BCUT2D eigenvalue weighted by Gasteiger charge is -2.33. The zero-order valence-corrected chi connectivity index (χ0v) is 19.4. The molecule has 3 unspecified atom stereocenters. The maximum Gasteiger partial charge on any atom is 0.257 e. The van der Waals surface area contributed by atoms with Gasteiger partial charge >= 0.3 is 0 Å². The molecule has 2 heterocycles. The first-order chi connectivity index (χ1) is 16.4. The fourth-order valence-corrected chi connectivity index (χ4v) is 4.98. The molecule has 10 heteroatoms. The zero-order chi connectivity index (χ0) is 24.1. The third-order valence-corrected chi connectivity index (χ3v) is 6.75. The minimum absolute atomic E-state index is 0.212. The molecule has 9 nitrogen and oxygen atoms in total. The zero-order valence-electron chi connectivity index (χ0n) is 18.6. The lowest BCUT2D eigenvalue weighted by molar-refractivity contribution is -0.134. The molecule has 2 aliphatic rings. The largest absolute Gasteiger partial charge is 0.497 e. The van der Waals surface area contributed by atoms with E-state index in [0.717, 1.165) is 16.7 Å². The molecule has 4 rings (SSSR count). The van der Waals surface area contributed by atoms with Crippen molar-refractivity contribution in [3.05, 3.63) is 76.2 Å². The molecular weight excluding hydrogens is 456 g/mol. The second kappa shape index (κ2) is 10.7. The van der Waals surface area contributed by atoms with Crippen molar-refractivity contribution in [1.29, 1.82) is 0 Å². The summed E-state index contributed by atoms with van der Waals surface area (Å²) in [5.41, 5.74) is 8.33. The number of nitrogens with two attached hydrogens (primary N) is 1. The minimum atomic E-state index is -0.815. The predicted octanol–water partition coefficient (Wildman–Crippen LogP) is 1.25. The van der Waals surface area contributed by atoms with E-state index in [1.54, 1.807) is 31.4 Å². The minimum Gasteiger partial charge on any atom is -0.497 e. The van der Waals surface area contributed by atoms with E-state index in [0.29, 0.717) is 24.5 Å². The Hall–Kier alpha value is -3.34. The lowest BCUT2D eigenvalue weighted by atomic mass is 9.97. The van der Waals surface area contributed by atoms with Crippen LogP contribution < -0.4 is 26.4 Å². The van der Waals surface area contributed by atoms with Crippen molar-refractivity contribution in [1.82, 2.24) is 16.0 Å². The lowest BCUT2D eigenvalue weighted by Crippen LogP contribution is -2.64. The van der Waals surface area contributed by atoms with Gasteiger partial charge < -0.3 is 25.8 Å². The Morgan fingerprint density at radius 1 is 1.12 bits per heavy atom. The van der Waals surface area contributed by atoms with Gasteiger partial charge in [-0.15, -0.1) is 11.8 Å². The van der Waals surface area contributed by atoms with Crippen LogP contribution in [0.2, 0.25) is 0 Å². The van der Waals surface area contributed by atoms with E-state index >= 15 is 0 Å². The highest BCUT2D eigenvalue weighted by atomic mass is 32.2. The second-order valence-electron chi connectivity index (χ2n) is 7.96. The molecule has 0 saturated carbocycles. The third kappa shape index (κ3) is 5.58. The van der Waals surface area contributed by atoms with Crippen LogP contribution in [-0.2, 0) is 27.5 Å². The summed E-state index contributed by atoms with van der Waals surface area (Å²) in [4.78, 5) is 36.6. The average Bonchev–Trinajstić information content (AvgIpc) is 3.26. The van der Waals surface area contributed by atoms with Gasteiger partial charge in [-0.25, -0.2) is 0 Å². The molecule has 3 atom stereocenters. The van der Waals surface area contributed by atoms with Crippen molar-refractivity contribution in [3.63, 3.8) is 0 Å². The van der Waals surface area contributed by atoms with Crippen LogP contribution in [0.5, 0.6) is 5.75 Å². The van der Waals surface area contributed by atoms with Crippen LogP contribution in [0, 0.1) is 5.92 Å². The molecule has 178 valence electrons. The number of nitrogens with one attached hydrogen (secondary N) is 3. The summed E-state index contributed by atoms with van der Waals surface area (Å²) >= 11 is 1.47. The van der Waals surface area contributed by atoms with Gasteiger partial charge in [0, 0.05) is 12.1 Å².